The van der Waals surface area contributed by atoms with Gasteiger partial charge in [-0.1, -0.05) is 6.07 Å². The second-order valence-electron chi connectivity index (χ2n) is 5.45. The Morgan fingerprint density at radius 1 is 1.23 bits per heavy atom. The third kappa shape index (κ3) is 2.71. The first-order chi connectivity index (χ1) is 10.6. The van der Waals surface area contributed by atoms with Gasteiger partial charge in [-0.25, -0.2) is 8.78 Å². The first-order valence-corrected chi connectivity index (χ1v) is 7.26. The zero-order valence-corrected chi connectivity index (χ0v) is 12.2. The number of benzene rings is 1. The molecule has 0 radical (unpaired) electrons. The van der Waals surface area contributed by atoms with Crippen LogP contribution < -0.4 is 0 Å². The summed E-state index contributed by atoms with van der Waals surface area (Å²) in [5.41, 5.74) is 1.88. The van der Waals surface area contributed by atoms with Gasteiger partial charge in [0.1, 0.15) is 0 Å². The van der Waals surface area contributed by atoms with E-state index in [9.17, 15) is 13.6 Å². The molecule has 1 unspecified atom stereocenters. The predicted molar refractivity (Wildman–Crippen MR) is 79.0 cm³/mol. The van der Waals surface area contributed by atoms with Crippen molar-refractivity contribution in [1.82, 2.24) is 9.88 Å². The predicted octanol–water partition coefficient (Wildman–Crippen LogP) is 3.71. The Labute approximate surface area is 127 Å². The van der Waals surface area contributed by atoms with Crippen molar-refractivity contribution in [3.05, 3.63) is 53.7 Å². The topological polar surface area (TPSA) is 33.2 Å². The summed E-state index contributed by atoms with van der Waals surface area (Å²) < 4.78 is 26.4. The maximum atomic E-state index is 13.4. The van der Waals surface area contributed by atoms with Crippen molar-refractivity contribution in [3.63, 3.8) is 0 Å². The largest absolute Gasteiger partial charge is 0.334 e. The van der Waals surface area contributed by atoms with Crippen molar-refractivity contribution in [2.45, 2.75) is 25.8 Å². The number of nitrogens with zero attached hydrogens (tertiary/aromatic N) is 2. The molecule has 2 aromatic rings. The number of aromatic nitrogens is 1. The van der Waals surface area contributed by atoms with Crippen LogP contribution in [0.4, 0.5) is 8.78 Å². The normalized spacial score (nSPS) is 17.8. The highest BCUT2D eigenvalue weighted by Crippen LogP contribution is 2.32. The van der Waals surface area contributed by atoms with Crippen LogP contribution in [0.25, 0.3) is 11.3 Å². The van der Waals surface area contributed by atoms with E-state index in [0.29, 0.717) is 11.3 Å². The molecular weight excluding hydrogens is 286 g/mol. The van der Waals surface area contributed by atoms with Gasteiger partial charge in [0.15, 0.2) is 11.6 Å². The van der Waals surface area contributed by atoms with Crippen molar-refractivity contribution < 1.29 is 13.6 Å². The van der Waals surface area contributed by atoms with E-state index in [-0.39, 0.29) is 11.9 Å². The van der Waals surface area contributed by atoms with Crippen molar-refractivity contribution in [2.24, 2.45) is 0 Å². The lowest BCUT2D eigenvalue weighted by molar-refractivity contribution is -0.129. The molecule has 1 amide bonds. The molecule has 3 rings (SSSR count). The Bertz CT molecular complexity index is 718. The lowest BCUT2D eigenvalue weighted by atomic mass is 10.1. The van der Waals surface area contributed by atoms with Gasteiger partial charge in [-0.2, -0.15) is 0 Å². The highest BCUT2D eigenvalue weighted by atomic mass is 19.2. The van der Waals surface area contributed by atoms with Crippen LogP contribution in [0.2, 0.25) is 0 Å². The molecule has 1 aliphatic rings. The number of likely N-dealkylation sites (tertiary alicyclic amines) is 1. The van der Waals surface area contributed by atoms with Gasteiger partial charge >= 0.3 is 0 Å². The summed E-state index contributed by atoms with van der Waals surface area (Å²) in [7, 11) is 0. The van der Waals surface area contributed by atoms with Crippen LogP contribution in [0.1, 0.15) is 31.5 Å². The fourth-order valence-electron chi connectivity index (χ4n) is 2.90. The van der Waals surface area contributed by atoms with Gasteiger partial charge in [-0.15, -0.1) is 0 Å². The van der Waals surface area contributed by atoms with Crippen LogP contribution in [0.15, 0.2) is 36.4 Å². The number of hydrogen-bond donors (Lipinski definition) is 0. The minimum Gasteiger partial charge on any atom is -0.334 e. The van der Waals surface area contributed by atoms with E-state index in [1.54, 1.807) is 17.9 Å². The maximum absolute atomic E-state index is 13.4. The fraction of sp³-hybridized carbons (Fsp3) is 0.294. The summed E-state index contributed by atoms with van der Waals surface area (Å²) in [5, 5.41) is 0. The second kappa shape index (κ2) is 5.83. The Balaban J connectivity index is 1.95. The molecule has 1 aliphatic heterocycles. The molecule has 1 atom stereocenters. The van der Waals surface area contributed by atoms with Crippen LogP contribution in [-0.4, -0.2) is 22.3 Å². The number of carbonyl (C=O) groups is 1. The molecule has 0 bridgehead atoms. The maximum Gasteiger partial charge on any atom is 0.220 e. The standard InChI is InChI=1S/C17H16F2N2O/c1-11(22)21-9-3-6-17(21)16-5-2-4-15(20-16)12-7-8-13(18)14(19)10-12/h2,4-5,7-8,10,17H,3,6,9H2,1H3. The van der Waals surface area contributed by atoms with Gasteiger partial charge in [0.05, 0.1) is 17.4 Å². The molecular formula is C17H16F2N2O. The zero-order valence-electron chi connectivity index (χ0n) is 12.2. The molecule has 2 heterocycles. The average molecular weight is 302 g/mol. The number of carbonyl (C=O) groups excluding carboxylic acids is 1. The van der Waals surface area contributed by atoms with Crippen LogP contribution in [-0.2, 0) is 4.79 Å². The highest BCUT2D eigenvalue weighted by molar-refractivity contribution is 5.74. The third-order valence-electron chi connectivity index (χ3n) is 3.98. The Kier molecular flexibility index (Phi) is 3.88. The molecule has 0 spiro atoms. The first-order valence-electron chi connectivity index (χ1n) is 7.26. The van der Waals surface area contributed by atoms with Crippen molar-refractivity contribution in [3.8, 4) is 11.3 Å². The Hall–Kier alpha value is -2.30. The van der Waals surface area contributed by atoms with E-state index in [4.69, 9.17) is 0 Å². The van der Waals surface area contributed by atoms with Crippen molar-refractivity contribution >= 4 is 5.91 Å². The van der Waals surface area contributed by atoms with Crippen LogP contribution in [0.3, 0.4) is 0 Å². The monoisotopic (exact) mass is 302 g/mol. The molecule has 0 saturated carbocycles. The molecule has 114 valence electrons. The minimum absolute atomic E-state index is 0.0301. The van der Waals surface area contributed by atoms with E-state index in [1.165, 1.54) is 6.07 Å². The fourth-order valence-corrected chi connectivity index (χ4v) is 2.90. The lowest BCUT2D eigenvalue weighted by Gasteiger charge is -2.23. The molecule has 3 nitrogen and oxygen atoms in total. The summed E-state index contributed by atoms with van der Waals surface area (Å²) in [6.45, 7) is 2.29. The Morgan fingerprint density at radius 2 is 2.05 bits per heavy atom. The number of amides is 1. The average Bonchev–Trinajstić information content (AvgIpc) is 3.00. The van der Waals surface area contributed by atoms with E-state index < -0.39 is 11.6 Å². The summed E-state index contributed by atoms with van der Waals surface area (Å²) in [6.07, 6.45) is 1.81. The summed E-state index contributed by atoms with van der Waals surface area (Å²) >= 11 is 0. The van der Waals surface area contributed by atoms with E-state index in [1.807, 2.05) is 12.1 Å². The molecule has 5 heteroatoms. The van der Waals surface area contributed by atoms with E-state index in [0.717, 1.165) is 37.2 Å². The molecule has 1 fully saturated rings. The molecule has 1 aromatic carbocycles. The van der Waals surface area contributed by atoms with Crippen LogP contribution in [0, 0.1) is 11.6 Å². The van der Waals surface area contributed by atoms with Gasteiger partial charge in [0, 0.05) is 19.0 Å². The SMILES string of the molecule is CC(=O)N1CCCC1c1cccc(-c2ccc(F)c(F)c2)n1. The number of hydrogen-bond acceptors (Lipinski definition) is 2. The van der Waals surface area contributed by atoms with Gasteiger partial charge in [0.2, 0.25) is 5.91 Å². The second-order valence-corrected chi connectivity index (χ2v) is 5.45. The summed E-state index contributed by atoms with van der Waals surface area (Å²) in [4.78, 5) is 18.0. The quantitative estimate of drug-likeness (QED) is 0.847. The highest BCUT2D eigenvalue weighted by Gasteiger charge is 2.28. The zero-order chi connectivity index (χ0) is 15.7. The number of pyridine rings is 1. The molecule has 0 aliphatic carbocycles. The van der Waals surface area contributed by atoms with E-state index >= 15 is 0 Å². The van der Waals surface area contributed by atoms with Crippen LogP contribution in [0.5, 0.6) is 0 Å². The smallest absolute Gasteiger partial charge is 0.220 e. The van der Waals surface area contributed by atoms with Crippen molar-refractivity contribution in [1.29, 1.82) is 0 Å². The molecule has 22 heavy (non-hydrogen) atoms. The molecule has 1 saturated heterocycles. The van der Waals surface area contributed by atoms with Gasteiger partial charge in [0.25, 0.3) is 0 Å². The Morgan fingerprint density at radius 3 is 2.77 bits per heavy atom. The lowest BCUT2D eigenvalue weighted by Crippen LogP contribution is -2.28. The van der Waals surface area contributed by atoms with Crippen LogP contribution >= 0.6 is 0 Å². The number of halogens is 2. The molecule has 0 N–H and O–H groups in total. The number of rotatable bonds is 2. The van der Waals surface area contributed by atoms with Gasteiger partial charge < -0.3 is 4.90 Å². The van der Waals surface area contributed by atoms with Gasteiger partial charge in [-0.05, 0) is 43.2 Å². The minimum atomic E-state index is -0.893. The summed E-state index contributed by atoms with van der Waals surface area (Å²) in [6, 6.07) is 9.15. The van der Waals surface area contributed by atoms with E-state index in [2.05, 4.69) is 4.98 Å². The summed E-state index contributed by atoms with van der Waals surface area (Å²) in [5.74, 6) is -1.74. The molecule has 1 aromatic heterocycles. The van der Waals surface area contributed by atoms with Crippen molar-refractivity contribution in [2.75, 3.05) is 6.54 Å². The third-order valence-corrected chi connectivity index (χ3v) is 3.98. The first kappa shape index (κ1) is 14.6. The van der Waals surface area contributed by atoms with Gasteiger partial charge in [-0.3, -0.25) is 9.78 Å².